The minimum atomic E-state index is 0.461. The Morgan fingerprint density at radius 3 is 2.42 bits per heavy atom. The molecule has 0 aliphatic rings. The number of nitrogens with one attached hydrogen (secondary N) is 1. The second kappa shape index (κ2) is 5.96. The van der Waals surface area contributed by atoms with Crippen LogP contribution in [0.25, 0.3) is 11.3 Å². The number of nitrogens with zero attached hydrogens (tertiary/aromatic N) is 3. The summed E-state index contributed by atoms with van der Waals surface area (Å²) in [7, 11) is 0. The maximum Gasteiger partial charge on any atom is 0.182 e. The molecule has 0 radical (unpaired) electrons. The Kier molecular flexibility index (Phi) is 4.09. The second-order valence-electron chi connectivity index (χ2n) is 4.47. The van der Waals surface area contributed by atoms with Gasteiger partial charge in [0, 0.05) is 5.56 Å². The summed E-state index contributed by atoms with van der Waals surface area (Å²) < 4.78 is 0. The van der Waals surface area contributed by atoms with Crippen molar-refractivity contribution in [1.82, 2.24) is 10.2 Å². The molecule has 1 aromatic carbocycles. The Balaban J connectivity index is 2.20. The first kappa shape index (κ1) is 13.0. The summed E-state index contributed by atoms with van der Waals surface area (Å²) in [6.07, 6.45) is 2.95. The van der Waals surface area contributed by atoms with Gasteiger partial charge in [0.05, 0.1) is 5.69 Å². The van der Waals surface area contributed by atoms with Gasteiger partial charge < -0.3 is 0 Å². The maximum atomic E-state index is 8.48. The maximum absolute atomic E-state index is 8.48. The van der Waals surface area contributed by atoms with Gasteiger partial charge in [-0.1, -0.05) is 38.1 Å². The van der Waals surface area contributed by atoms with Crippen LogP contribution in [0.5, 0.6) is 0 Å². The van der Waals surface area contributed by atoms with E-state index in [9.17, 15) is 0 Å². The lowest BCUT2D eigenvalue weighted by atomic mass is 9.97. The smallest absolute Gasteiger partial charge is 0.182 e. The van der Waals surface area contributed by atoms with Gasteiger partial charge in [-0.25, -0.2) is 0 Å². The average molecular weight is 252 g/mol. The Hall–Kier alpha value is -2.41. The van der Waals surface area contributed by atoms with Crippen LogP contribution in [0.15, 0.2) is 36.4 Å². The fourth-order valence-electron chi connectivity index (χ4n) is 1.83. The van der Waals surface area contributed by atoms with Gasteiger partial charge in [0.1, 0.15) is 0 Å². The summed E-state index contributed by atoms with van der Waals surface area (Å²) in [5.41, 5.74) is 3.17. The van der Waals surface area contributed by atoms with Crippen LogP contribution in [0.2, 0.25) is 0 Å². The average Bonchev–Trinajstić information content (AvgIpc) is 2.48. The molecule has 1 heterocycles. The van der Waals surface area contributed by atoms with Gasteiger partial charge in [-0.05, 0) is 30.0 Å². The van der Waals surface area contributed by atoms with E-state index in [1.54, 1.807) is 6.07 Å². The minimum Gasteiger partial charge on any atom is -0.275 e. The molecule has 1 unspecified atom stereocenters. The van der Waals surface area contributed by atoms with Crippen molar-refractivity contribution in [3.63, 3.8) is 0 Å². The monoisotopic (exact) mass is 252 g/mol. The van der Waals surface area contributed by atoms with E-state index in [2.05, 4.69) is 53.6 Å². The van der Waals surface area contributed by atoms with Crippen LogP contribution in [-0.4, -0.2) is 10.2 Å². The molecule has 0 saturated heterocycles. The van der Waals surface area contributed by atoms with E-state index in [4.69, 9.17) is 5.26 Å². The molecule has 0 spiro atoms. The van der Waals surface area contributed by atoms with Crippen LogP contribution >= 0.6 is 0 Å². The van der Waals surface area contributed by atoms with Gasteiger partial charge in [-0.2, -0.15) is 5.26 Å². The number of hydrogen-bond donors (Lipinski definition) is 1. The third-order valence-electron chi connectivity index (χ3n) is 3.24. The van der Waals surface area contributed by atoms with E-state index >= 15 is 0 Å². The Bertz CT molecular complexity index is 567. The lowest BCUT2D eigenvalue weighted by Crippen LogP contribution is -1.95. The molecule has 4 heteroatoms. The van der Waals surface area contributed by atoms with Crippen LogP contribution < -0.4 is 5.32 Å². The van der Waals surface area contributed by atoms with Crippen molar-refractivity contribution in [3.8, 4) is 17.5 Å². The van der Waals surface area contributed by atoms with Gasteiger partial charge in [0.25, 0.3) is 0 Å². The Labute approximate surface area is 113 Å². The molecule has 0 amide bonds. The van der Waals surface area contributed by atoms with E-state index in [1.165, 1.54) is 5.56 Å². The van der Waals surface area contributed by atoms with Gasteiger partial charge >= 0.3 is 0 Å². The molecule has 19 heavy (non-hydrogen) atoms. The van der Waals surface area contributed by atoms with Crippen molar-refractivity contribution in [2.75, 3.05) is 5.32 Å². The molecule has 96 valence electrons. The second-order valence-corrected chi connectivity index (χ2v) is 4.47. The molecule has 4 nitrogen and oxygen atoms in total. The normalized spacial score (nSPS) is 11.6. The Morgan fingerprint density at radius 2 is 1.89 bits per heavy atom. The molecule has 0 bridgehead atoms. The summed E-state index contributed by atoms with van der Waals surface area (Å²) in [6, 6.07) is 12.0. The number of anilines is 1. The Morgan fingerprint density at radius 1 is 1.16 bits per heavy atom. The summed E-state index contributed by atoms with van der Waals surface area (Å²) in [6.45, 7) is 4.40. The SMILES string of the molecule is CCC(C)c1ccc(-c2ccc(NC#N)nn2)cc1. The fraction of sp³-hybridized carbons (Fsp3) is 0.267. The quantitative estimate of drug-likeness (QED) is 0.667. The highest BCUT2D eigenvalue weighted by Gasteiger charge is 2.04. The highest BCUT2D eigenvalue weighted by molar-refractivity contribution is 5.60. The number of nitriles is 1. The lowest BCUT2D eigenvalue weighted by molar-refractivity contribution is 0.734. The molecule has 2 rings (SSSR count). The van der Waals surface area contributed by atoms with E-state index in [0.29, 0.717) is 11.7 Å². The van der Waals surface area contributed by atoms with Crippen molar-refractivity contribution in [2.24, 2.45) is 0 Å². The summed E-state index contributed by atoms with van der Waals surface area (Å²) in [5.74, 6) is 1.03. The zero-order valence-corrected chi connectivity index (χ0v) is 11.1. The molecule has 0 aliphatic carbocycles. The number of benzene rings is 1. The van der Waals surface area contributed by atoms with E-state index in [-0.39, 0.29) is 0 Å². The molecule has 0 aliphatic heterocycles. The summed E-state index contributed by atoms with van der Waals surface area (Å²) in [5, 5.41) is 19.0. The van der Waals surface area contributed by atoms with E-state index in [1.807, 2.05) is 12.3 Å². The zero-order chi connectivity index (χ0) is 13.7. The van der Waals surface area contributed by atoms with Crippen LogP contribution in [0, 0.1) is 11.5 Å². The highest BCUT2D eigenvalue weighted by atomic mass is 15.2. The first-order valence-electron chi connectivity index (χ1n) is 6.33. The predicted molar refractivity (Wildman–Crippen MR) is 75.4 cm³/mol. The standard InChI is InChI=1S/C15H16N4/c1-3-11(2)12-4-6-13(7-5-12)14-8-9-15(17-10-16)19-18-14/h4-9,11H,3H2,1-2H3,(H,17,19). The molecule has 0 saturated carbocycles. The molecule has 1 N–H and O–H groups in total. The summed E-state index contributed by atoms with van der Waals surface area (Å²) >= 11 is 0. The van der Waals surface area contributed by atoms with Crippen LogP contribution in [0.3, 0.4) is 0 Å². The molecule has 1 aromatic heterocycles. The third kappa shape index (κ3) is 3.08. The molecular formula is C15H16N4. The van der Waals surface area contributed by atoms with Gasteiger partial charge in [-0.3, -0.25) is 5.32 Å². The lowest BCUT2D eigenvalue weighted by Gasteiger charge is -2.09. The van der Waals surface area contributed by atoms with Crippen molar-refractivity contribution >= 4 is 5.82 Å². The molecular weight excluding hydrogens is 236 g/mol. The zero-order valence-electron chi connectivity index (χ0n) is 11.1. The number of hydrogen-bond acceptors (Lipinski definition) is 4. The molecule has 1 atom stereocenters. The first-order valence-corrected chi connectivity index (χ1v) is 6.33. The van der Waals surface area contributed by atoms with Crippen molar-refractivity contribution in [2.45, 2.75) is 26.2 Å². The van der Waals surface area contributed by atoms with Crippen LogP contribution in [-0.2, 0) is 0 Å². The van der Waals surface area contributed by atoms with Gasteiger partial charge in [0.15, 0.2) is 12.0 Å². The topological polar surface area (TPSA) is 61.6 Å². The van der Waals surface area contributed by atoms with Gasteiger partial charge in [-0.15, -0.1) is 10.2 Å². The van der Waals surface area contributed by atoms with E-state index in [0.717, 1.165) is 17.7 Å². The first-order chi connectivity index (χ1) is 9.24. The highest BCUT2D eigenvalue weighted by Crippen LogP contribution is 2.23. The van der Waals surface area contributed by atoms with Crippen LogP contribution in [0.1, 0.15) is 31.7 Å². The summed E-state index contributed by atoms with van der Waals surface area (Å²) in [4.78, 5) is 0. The number of aromatic nitrogens is 2. The van der Waals surface area contributed by atoms with Crippen molar-refractivity contribution < 1.29 is 0 Å². The van der Waals surface area contributed by atoms with Crippen molar-refractivity contribution in [1.29, 1.82) is 5.26 Å². The third-order valence-corrected chi connectivity index (χ3v) is 3.24. The largest absolute Gasteiger partial charge is 0.275 e. The van der Waals surface area contributed by atoms with Crippen LogP contribution in [0.4, 0.5) is 5.82 Å². The molecule has 0 fully saturated rings. The predicted octanol–water partition coefficient (Wildman–Crippen LogP) is 3.55. The van der Waals surface area contributed by atoms with Gasteiger partial charge in [0.2, 0.25) is 0 Å². The number of rotatable bonds is 4. The minimum absolute atomic E-state index is 0.461. The van der Waals surface area contributed by atoms with E-state index < -0.39 is 0 Å². The fourth-order valence-corrected chi connectivity index (χ4v) is 1.83. The molecule has 2 aromatic rings. The van der Waals surface area contributed by atoms with Crippen molar-refractivity contribution in [3.05, 3.63) is 42.0 Å².